The Morgan fingerprint density at radius 3 is 0.950 bits per heavy atom. The lowest BCUT2D eigenvalue weighted by Gasteiger charge is -2.21. The lowest BCUT2D eigenvalue weighted by molar-refractivity contribution is 0.103. The lowest BCUT2D eigenvalue weighted by Crippen LogP contribution is -2.14. The van der Waals surface area contributed by atoms with Crippen molar-refractivity contribution in [2.75, 3.05) is 0 Å². The van der Waals surface area contributed by atoms with Crippen LogP contribution in [0.4, 0.5) is 0 Å². The second-order valence-corrected chi connectivity index (χ2v) is 12.8. The Kier molecular flexibility index (Phi) is 8.12. The third-order valence-electron chi connectivity index (χ3n) is 7.41. The summed E-state index contributed by atoms with van der Waals surface area (Å²) in [7, 11) is 0. The number of aryl methyl sites for hydroxylation is 2. The summed E-state index contributed by atoms with van der Waals surface area (Å²) in [5.41, 5.74) is 7.82. The minimum Gasteiger partial charge on any atom is -0.289 e. The van der Waals surface area contributed by atoms with E-state index < -0.39 is 0 Å². The van der Waals surface area contributed by atoms with Crippen LogP contribution in [0.5, 0.6) is 0 Å². The van der Waals surface area contributed by atoms with E-state index >= 15 is 0 Å². The molecule has 0 fully saturated rings. The van der Waals surface area contributed by atoms with Gasteiger partial charge in [-0.25, -0.2) is 0 Å². The van der Waals surface area contributed by atoms with Crippen LogP contribution in [0.3, 0.4) is 0 Å². The first-order valence-electron chi connectivity index (χ1n) is 13.9. The fourth-order valence-electron chi connectivity index (χ4n) is 4.75. The average Bonchev–Trinajstić information content (AvgIpc) is 2.91. The first-order chi connectivity index (χ1) is 18.8. The van der Waals surface area contributed by atoms with E-state index in [1.165, 1.54) is 5.56 Å². The van der Waals surface area contributed by atoms with Gasteiger partial charge in [-0.2, -0.15) is 0 Å². The largest absolute Gasteiger partial charge is 0.289 e. The highest BCUT2D eigenvalue weighted by Gasteiger charge is 2.27. The van der Waals surface area contributed by atoms with E-state index in [-0.39, 0.29) is 22.4 Å². The van der Waals surface area contributed by atoms with E-state index in [0.29, 0.717) is 22.3 Å². The number of rotatable bonds is 6. The van der Waals surface area contributed by atoms with Crippen LogP contribution in [-0.2, 0) is 10.8 Å². The molecule has 0 aliphatic heterocycles. The number of benzene rings is 4. The second-order valence-electron chi connectivity index (χ2n) is 12.8. The van der Waals surface area contributed by atoms with Gasteiger partial charge >= 0.3 is 0 Å². The molecule has 0 saturated carbocycles. The zero-order valence-electron chi connectivity index (χ0n) is 25.1. The zero-order chi connectivity index (χ0) is 29.2. The number of allylic oxidation sites excluding steroid dienone is 2. The Morgan fingerprint density at radius 1 is 0.400 bits per heavy atom. The smallest absolute Gasteiger partial charge is 0.194 e. The molecule has 0 aliphatic carbocycles. The molecule has 0 unspecified atom stereocenters. The fraction of sp³-hybridized carbons (Fsp3) is 0.263. The molecule has 0 atom stereocenters. The van der Waals surface area contributed by atoms with E-state index in [0.717, 1.165) is 27.8 Å². The number of Topliss-reactive ketones (excluding diaryl/α,β-unsaturated/α-hetero) is 2. The number of hydrogen-bond donors (Lipinski definition) is 0. The summed E-state index contributed by atoms with van der Waals surface area (Å²) in [5.74, 6) is -0.335. The van der Waals surface area contributed by atoms with Crippen LogP contribution < -0.4 is 0 Å². The van der Waals surface area contributed by atoms with E-state index in [9.17, 15) is 9.59 Å². The maximum absolute atomic E-state index is 14.4. The van der Waals surface area contributed by atoms with Crippen molar-refractivity contribution in [2.24, 2.45) is 0 Å². The maximum atomic E-state index is 14.4. The molecule has 0 N–H and O–H groups in total. The second kappa shape index (κ2) is 11.2. The maximum Gasteiger partial charge on any atom is 0.194 e. The van der Waals surface area contributed by atoms with Gasteiger partial charge in [-0.3, -0.25) is 9.59 Å². The van der Waals surface area contributed by atoms with Crippen LogP contribution in [0.1, 0.15) is 95.6 Å². The van der Waals surface area contributed by atoms with Crippen molar-refractivity contribution in [3.8, 4) is 0 Å². The molecule has 2 nitrogen and oxygen atoms in total. The van der Waals surface area contributed by atoms with Gasteiger partial charge in [0.15, 0.2) is 11.6 Å². The van der Waals surface area contributed by atoms with Crippen LogP contribution in [0.2, 0.25) is 0 Å². The molecule has 4 rings (SSSR count). The number of carbonyl (C=O) groups is 2. The van der Waals surface area contributed by atoms with Crippen LogP contribution in [0.25, 0.3) is 11.1 Å². The molecule has 204 valence electrons. The van der Waals surface area contributed by atoms with Gasteiger partial charge in [0.1, 0.15) is 0 Å². The minimum atomic E-state index is -0.168. The fourth-order valence-corrected chi connectivity index (χ4v) is 4.75. The first-order valence-corrected chi connectivity index (χ1v) is 13.9. The van der Waals surface area contributed by atoms with Gasteiger partial charge in [-0.1, -0.05) is 150 Å². The van der Waals surface area contributed by atoms with Crippen molar-refractivity contribution in [2.45, 2.75) is 66.2 Å². The van der Waals surface area contributed by atoms with Gasteiger partial charge in [0.05, 0.1) is 0 Å². The van der Waals surface area contributed by atoms with Crippen LogP contribution in [0.15, 0.2) is 97.1 Å². The monoisotopic (exact) mass is 528 g/mol. The van der Waals surface area contributed by atoms with Gasteiger partial charge in [0, 0.05) is 22.3 Å². The summed E-state index contributed by atoms with van der Waals surface area (Å²) < 4.78 is 0. The van der Waals surface area contributed by atoms with Crippen molar-refractivity contribution < 1.29 is 9.59 Å². The summed E-state index contributed by atoms with van der Waals surface area (Å²) in [6.45, 7) is 17.0. The zero-order valence-corrected chi connectivity index (χ0v) is 25.1. The van der Waals surface area contributed by atoms with Gasteiger partial charge in [0.25, 0.3) is 0 Å². The van der Waals surface area contributed by atoms with Gasteiger partial charge < -0.3 is 0 Å². The van der Waals surface area contributed by atoms with Gasteiger partial charge in [-0.05, 0) is 46.9 Å². The number of hydrogen-bond acceptors (Lipinski definition) is 2. The topological polar surface area (TPSA) is 34.1 Å². The van der Waals surface area contributed by atoms with Gasteiger partial charge in [0.2, 0.25) is 0 Å². The molecular formula is C38H40O2. The summed E-state index contributed by atoms with van der Waals surface area (Å²) >= 11 is 0. The molecule has 0 heterocycles. The van der Waals surface area contributed by atoms with Gasteiger partial charge in [-0.15, -0.1) is 0 Å². The van der Waals surface area contributed by atoms with Crippen LogP contribution >= 0.6 is 0 Å². The third-order valence-corrected chi connectivity index (χ3v) is 7.41. The van der Waals surface area contributed by atoms with E-state index in [1.807, 2.05) is 98.8 Å². The quantitative estimate of drug-likeness (QED) is 0.142. The van der Waals surface area contributed by atoms with Crippen molar-refractivity contribution in [3.63, 3.8) is 0 Å². The van der Waals surface area contributed by atoms with Crippen molar-refractivity contribution in [3.05, 3.63) is 142 Å². The molecule has 0 aliphatic rings. The summed E-state index contributed by atoms with van der Waals surface area (Å²) in [6, 6.07) is 31.3. The third kappa shape index (κ3) is 6.39. The number of ketones is 2. The van der Waals surface area contributed by atoms with Crippen molar-refractivity contribution in [1.29, 1.82) is 0 Å². The highest BCUT2D eigenvalue weighted by Crippen LogP contribution is 2.34. The highest BCUT2D eigenvalue weighted by atomic mass is 16.1. The summed E-state index contributed by atoms with van der Waals surface area (Å²) in [5, 5.41) is 0. The average molecular weight is 529 g/mol. The SMILES string of the molecule is Cc1ccc(C(=O)C(=C(C(=O)c2ccc(C(C)(C)C)cc2)c2ccc(C(C)(C)C)cc2)c2ccc(C)cc2)cc1. The first kappa shape index (κ1) is 29.0. The molecule has 0 radical (unpaired) electrons. The molecule has 0 saturated heterocycles. The molecule has 4 aromatic carbocycles. The lowest BCUT2D eigenvalue weighted by atomic mass is 9.82. The Bertz CT molecular complexity index is 1530. The van der Waals surface area contributed by atoms with E-state index in [1.54, 1.807) is 0 Å². The molecule has 0 spiro atoms. The van der Waals surface area contributed by atoms with Crippen molar-refractivity contribution in [1.82, 2.24) is 0 Å². The molecule has 0 bridgehead atoms. The molecule has 4 aromatic rings. The molecule has 0 amide bonds. The minimum absolute atomic E-state index is 0.0303. The number of carbonyl (C=O) groups excluding carboxylic acids is 2. The summed E-state index contributed by atoms with van der Waals surface area (Å²) in [6.07, 6.45) is 0. The standard InChI is InChI=1S/C38H40O2/c1-25-9-13-27(14-10-25)33(35(39)29-15-11-26(2)12-16-29)34(28-17-21-31(22-18-28)37(3,4)5)36(40)30-19-23-32(24-20-30)38(6,7)8/h9-24H,1-8H3. The molecule has 40 heavy (non-hydrogen) atoms. The Hall–Kier alpha value is -4.04. The Labute approximate surface area is 239 Å². The molecule has 0 aromatic heterocycles. The molecular weight excluding hydrogens is 488 g/mol. The normalized spacial score (nSPS) is 12.6. The Balaban J connectivity index is 2.01. The Morgan fingerprint density at radius 2 is 0.650 bits per heavy atom. The highest BCUT2D eigenvalue weighted by molar-refractivity contribution is 6.46. The predicted molar refractivity (Wildman–Crippen MR) is 168 cm³/mol. The predicted octanol–water partition coefficient (Wildman–Crippen LogP) is 9.58. The molecule has 2 heteroatoms. The van der Waals surface area contributed by atoms with Crippen LogP contribution in [0, 0.1) is 13.8 Å². The summed E-state index contributed by atoms with van der Waals surface area (Å²) in [4.78, 5) is 28.7. The van der Waals surface area contributed by atoms with E-state index in [2.05, 4.69) is 53.7 Å². The van der Waals surface area contributed by atoms with Crippen molar-refractivity contribution >= 4 is 22.7 Å². The van der Waals surface area contributed by atoms with Crippen LogP contribution in [-0.4, -0.2) is 11.6 Å². The van der Waals surface area contributed by atoms with E-state index in [4.69, 9.17) is 0 Å².